The van der Waals surface area contributed by atoms with Crippen LogP contribution in [0, 0.1) is 0 Å². The van der Waals surface area contributed by atoms with Crippen molar-refractivity contribution < 1.29 is 9.59 Å². The molecule has 3 rings (SSSR count). The van der Waals surface area contributed by atoms with Crippen LogP contribution in [0.5, 0.6) is 0 Å². The molecule has 1 aromatic carbocycles. The van der Waals surface area contributed by atoms with Crippen LogP contribution >= 0.6 is 0 Å². The van der Waals surface area contributed by atoms with Crippen molar-refractivity contribution >= 4 is 23.3 Å². The maximum atomic E-state index is 12.5. The van der Waals surface area contributed by atoms with Gasteiger partial charge in [-0.3, -0.25) is 14.7 Å². The van der Waals surface area contributed by atoms with Crippen LogP contribution in [0.15, 0.2) is 48.8 Å². The zero-order chi connectivity index (χ0) is 18.4. The molecular formula is C19H23N5O2. The van der Waals surface area contributed by atoms with E-state index in [1.54, 1.807) is 24.4 Å². The normalized spacial score (nSPS) is 14.7. The van der Waals surface area contributed by atoms with Crippen molar-refractivity contribution in [2.45, 2.75) is 13.5 Å². The van der Waals surface area contributed by atoms with Crippen molar-refractivity contribution in [2.24, 2.45) is 0 Å². The maximum absolute atomic E-state index is 12.5. The minimum Gasteiger partial charge on any atom is -0.326 e. The van der Waals surface area contributed by atoms with Crippen molar-refractivity contribution in [3.05, 3.63) is 54.4 Å². The molecule has 2 N–H and O–H groups in total. The number of nitrogens with one attached hydrogen (secondary N) is 2. The van der Waals surface area contributed by atoms with E-state index in [0.717, 1.165) is 19.6 Å². The first kappa shape index (κ1) is 17.9. The standard InChI is InChI=1S/C19H23N5O2/c1-15(25)21-17-5-2-6-18(12-17)22-19(26)24-10-8-23(9-11-24)14-16-4-3-7-20-13-16/h2-7,12-13H,8-11,14H2,1H3,(H,21,25)(H,22,26). The van der Waals surface area contributed by atoms with Crippen LogP contribution in [0.3, 0.4) is 0 Å². The van der Waals surface area contributed by atoms with Crippen molar-refractivity contribution in [1.29, 1.82) is 0 Å². The Bertz CT molecular complexity index is 758. The second-order valence-corrected chi connectivity index (χ2v) is 6.32. The molecule has 2 aromatic rings. The summed E-state index contributed by atoms with van der Waals surface area (Å²) in [6.07, 6.45) is 3.65. The second kappa shape index (κ2) is 8.44. The fourth-order valence-electron chi connectivity index (χ4n) is 2.94. The molecule has 1 aliphatic rings. The minimum atomic E-state index is -0.141. The smallest absolute Gasteiger partial charge is 0.321 e. The van der Waals surface area contributed by atoms with Gasteiger partial charge in [-0.05, 0) is 29.8 Å². The Morgan fingerprint density at radius 3 is 2.42 bits per heavy atom. The van der Waals surface area contributed by atoms with Gasteiger partial charge in [0.1, 0.15) is 0 Å². The van der Waals surface area contributed by atoms with Crippen LogP contribution in [-0.2, 0) is 11.3 Å². The largest absolute Gasteiger partial charge is 0.326 e. The molecule has 0 aliphatic carbocycles. The van der Waals surface area contributed by atoms with Gasteiger partial charge in [-0.15, -0.1) is 0 Å². The Balaban J connectivity index is 1.50. The Hall–Kier alpha value is -2.93. The minimum absolute atomic E-state index is 0.119. The summed E-state index contributed by atoms with van der Waals surface area (Å²) in [6, 6.07) is 11.0. The van der Waals surface area contributed by atoms with Gasteiger partial charge in [-0.2, -0.15) is 0 Å². The first-order valence-corrected chi connectivity index (χ1v) is 8.65. The summed E-state index contributed by atoms with van der Waals surface area (Å²) in [7, 11) is 0. The molecule has 0 atom stereocenters. The summed E-state index contributed by atoms with van der Waals surface area (Å²) in [5, 5.41) is 5.61. The molecule has 1 fully saturated rings. The van der Waals surface area contributed by atoms with Gasteiger partial charge in [0, 0.05) is 63.4 Å². The lowest BCUT2D eigenvalue weighted by atomic mass is 10.2. The number of carbonyl (C=O) groups is 2. The molecule has 0 unspecified atom stereocenters. The van der Waals surface area contributed by atoms with Crippen LogP contribution in [0.2, 0.25) is 0 Å². The quantitative estimate of drug-likeness (QED) is 0.885. The summed E-state index contributed by atoms with van der Waals surface area (Å²) >= 11 is 0. The van der Waals surface area contributed by atoms with Crippen LogP contribution in [0.4, 0.5) is 16.2 Å². The average Bonchev–Trinajstić information content (AvgIpc) is 2.63. The zero-order valence-corrected chi connectivity index (χ0v) is 14.8. The molecule has 2 heterocycles. The SMILES string of the molecule is CC(=O)Nc1cccc(NC(=O)N2CCN(Cc3cccnc3)CC2)c1. The summed E-state index contributed by atoms with van der Waals surface area (Å²) < 4.78 is 0. The van der Waals surface area contributed by atoms with Gasteiger partial charge in [-0.1, -0.05) is 12.1 Å². The molecule has 26 heavy (non-hydrogen) atoms. The number of anilines is 2. The molecule has 1 aromatic heterocycles. The molecule has 0 radical (unpaired) electrons. The topological polar surface area (TPSA) is 77.6 Å². The predicted molar refractivity (Wildman–Crippen MR) is 101 cm³/mol. The molecule has 0 saturated carbocycles. The van der Waals surface area contributed by atoms with Crippen molar-refractivity contribution in [2.75, 3.05) is 36.8 Å². The lowest BCUT2D eigenvalue weighted by Gasteiger charge is -2.34. The molecule has 0 bridgehead atoms. The number of rotatable bonds is 4. The summed E-state index contributed by atoms with van der Waals surface area (Å²) in [5.74, 6) is -0.141. The lowest BCUT2D eigenvalue weighted by molar-refractivity contribution is -0.114. The zero-order valence-electron chi connectivity index (χ0n) is 14.8. The van der Waals surface area contributed by atoms with Crippen molar-refractivity contribution in [1.82, 2.24) is 14.8 Å². The Morgan fingerprint density at radius 1 is 1.04 bits per heavy atom. The molecule has 1 saturated heterocycles. The van der Waals surface area contributed by atoms with Crippen LogP contribution in [0.1, 0.15) is 12.5 Å². The van der Waals surface area contributed by atoms with E-state index in [2.05, 4.69) is 26.6 Å². The van der Waals surface area contributed by atoms with Crippen LogP contribution in [0.25, 0.3) is 0 Å². The highest BCUT2D eigenvalue weighted by Crippen LogP contribution is 2.16. The number of amides is 3. The number of pyridine rings is 1. The number of urea groups is 1. The number of hydrogen-bond acceptors (Lipinski definition) is 4. The Morgan fingerprint density at radius 2 is 1.77 bits per heavy atom. The lowest BCUT2D eigenvalue weighted by Crippen LogP contribution is -2.49. The molecular weight excluding hydrogens is 330 g/mol. The summed E-state index contributed by atoms with van der Waals surface area (Å²) in [5.41, 5.74) is 2.51. The number of nitrogens with zero attached hydrogens (tertiary/aromatic N) is 3. The third kappa shape index (κ3) is 5.03. The van der Waals surface area contributed by atoms with Gasteiger partial charge < -0.3 is 15.5 Å². The number of hydrogen-bond donors (Lipinski definition) is 2. The first-order chi connectivity index (χ1) is 12.6. The molecule has 1 aliphatic heterocycles. The molecule has 136 valence electrons. The highest BCUT2D eigenvalue weighted by molar-refractivity contribution is 5.92. The Kier molecular flexibility index (Phi) is 5.80. The van der Waals surface area contributed by atoms with Crippen molar-refractivity contribution in [3.8, 4) is 0 Å². The van der Waals surface area contributed by atoms with E-state index >= 15 is 0 Å². The van der Waals surface area contributed by atoms with Gasteiger partial charge in [0.15, 0.2) is 0 Å². The molecule has 0 spiro atoms. The van der Waals surface area contributed by atoms with Crippen molar-refractivity contribution in [3.63, 3.8) is 0 Å². The van der Waals surface area contributed by atoms with E-state index in [4.69, 9.17) is 0 Å². The molecule has 7 heteroatoms. The highest BCUT2D eigenvalue weighted by atomic mass is 16.2. The summed E-state index contributed by atoms with van der Waals surface area (Å²) in [4.78, 5) is 31.9. The molecule has 7 nitrogen and oxygen atoms in total. The van der Waals surface area contributed by atoms with Crippen LogP contribution < -0.4 is 10.6 Å². The van der Waals surface area contributed by atoms with Gasteiger partial charge in [0.2, 0.25) is 5.91 Å². The maximum Gasteiger partial charge on any atom is 0.321 e. The van der Waals surface area contributed by atoms with E-state index in [1.807, 2.05) is 23.2 Å². The van der Waals surface area contributed by atoms with Gasteiger partial charge >= 0.3 is 6.03 Å². The monoisotopic (exact) mass is 353 g/mol. The third-order valence-electron chi connectivity index (χ3n) is 4.22. The van der Waals surface area contributed by atoms with E-state index in [-0.39, 0.29) is 11.9 Å². The predicted octanol–water partition coefficient (Wildman–Crippen LogP) is 2.39. The van der Waals surface area contributed by atoms with E-state index in [0.29, 0.717) is 24.5 Å². The number of piperazine rings is 1. The number of benzene rings is 1. The number of carbonyl (C=O) groups excluding carboxylic acids is 2. The van der Waals surface area contributed by atoms with Crippen LogP contribution in [-0.4, -0.2) is 52.9 Å². The fraction of sp³-hybridized carbons (Fsp3) is 0.316. The highest BCUT2D eigenvalue weighted by Gasteiger charge is 2.21. The average molecular weight is 353 g/mol. The van der Waals surface area contributed by atoms with E-state index in [9.17, 15) is 9.59 Å². The van der Waals surface area contributed by atoms with E-state index < -0.39 is 0 Å². The fourth-order valence-corrected chi connectivity index (χ4v) is 2.94. The van der Waals surface area contributed by atoms with Gasteiger partial charge in [0.05, 0.1) is 0 Å². The number of aromatic nitrogens is 1. The van der Waals surface area contributed by atoms with Gasteiger partial charge in [-0.25, -0.2) is 4.79 Å². The second-order valence-electron chi connectivity index (χ2n) is 6.32. The van der Waals surface area contributed by atoms with Gasteiger partial charge in [0.25, 0.3) is 0 Å². The Labute approximate surface area is 153 Å². The third-order valence-corrected chi connectivity index (χ3v) is 4.22. The molecule has 3 amide bonds. The van der Waals surface area contributed by atoms with E-state index in [1.165, 1.54) is 12.5 Å². The first-order valence-electron chi connectivity index (χ1n) is 8.65. The summed E-state index contributed by atoms with van der Waals surface area (Å²) in [6.45, 7) is 5.32.